The molecule has 1 heterocycles. The Morgan fingerprint density at radius 2 is 1.75 bits per heavy atom. The van der Waals surface area contributed by atoms with Crippen LogP contribution in [0.15, 0.2) is 53.5 Å². The first kappa shape index (κ1) is 20.3. The Morgan fingerprint density at radius 3 is 2.43 bits per heavy atom. The fourth-order valence-corrected chi connectivity index (χ4v) is 3.52. The van der Waals surface area contributed by atoms with Gasteiger partial charge in [-0.3, -0.25) is 0 Å². The van der Waals surface area contributed by atoms with E-state index in [1.54, 1.807) is 18.2 Å². The Hall–Kier alpha value is -2.47. The van der Waals surface area contributed by atoms with Crippen molar-refractivity contribution >= 4 is 5.96 Å². The minimum atomic E-state index is -0.255. The monoisotopic (exact) mass is 387 g/mol. The fourth-order valence-electron chi connectivity index (χ4n) is 3.52. The van der Waals surface area contributed by atoms with Gasteiger partial charge in [0.05, 0.1) is 6.54 Å². The number of hydrogen-bond donors (Lipinski definition) is 2. The number of halogens is 2. The maximum Gasteiger partial charge on any atom is 0.191 e. The molecule has 0 spiro atoms. The lowest BCUT2D eigenvalue weighted by atomic mass is 9.74. The van der Waals surface area contributed by atoms with E-state index in [1.165, 1.54) is 18.2 Å². The van der Waals surface area contributed by atoms with E-state index >= 15 is 0 Å². The molecule has 1 aliphatic rings. The molecule has 6 heteroatoms. The summed E-state index contributed by atoms with van der Waals surface area (Å²) in [7, 11) is 0. The third kappa shape index (κ3) is 5.07. The molecule has 0 bridgehead atoms. The third-order valence-electron chi connectivity index (χ3n) is 5.21. The highest BCUT2D eigenvalue weighted by atomic mass is 19.1. The van der Waals surface area contributed by atoms with Crippen molar-refractivity contribution in [3.8, 4) is 0 Å². The van der Waals surface area contributed by atoms with Crippen LogP contribution in [0.3, 0.4) is 0 Å². The number of nitrogens with one attached hydrogen (secondary N) is 2. The summed E-state index contributed by atoms with van der Waals surface area (Å²) in [4.78, 5) is 4.53. The van der Waals surface area contributed by atoms with Crippen molar-refractivity contribution in [2.24, 2.45) is 4.99 Å². The van der Waals surface area contributed by atoms with Crippen LogP contribution in [0.4, 0.5) is 8.78 Å². The van der Waals surface area contributed by atoms with Crippen molar-refractivity contribution in [2.45, 2.75) is 31.7 Å². The molecule has 0 aliphatic carbocycles. The molecule has 28 heavy (non-hydrogen) atoms. The maximum atomic E-state index is 13.9. The van der Waals surface area contributed by atoms with E-state index in [9.17, 15) is 8.78 Å². The number of ether oxygens (including phenoxy) is 1. The number of aliphatic imine (C=N–C) groups is 1. The molecular weight excluding hydrogens is 360 g/mol. The van der Waals surface area contributed by atoms with Crippen LogP contribution in [-0.2, 0) is 16.7 Å². The van der Waals surface area contributed by atoms with Crippen LogP contribution in [0.5, 0.6) is 0 Å². The van der Waals surface area contributed by atoms with Crippen molar-refractivity contribution in [1.29, 1.82) is 0 Å². The molecule has 2 aromatic carbocycles. The van der Waals surface area contributed by atoms with Crippen LogP contribution < -0.4 is 10.6 Å². The summed E-state index contributed by atoms with van der Waals surface area (Å²) in [6, 6.07) is 13.4. The average Bonchev–Trinajstić information content (AvgIpc) is 2.72. The summed E-state index contributed by atoms with van der Waals surface area (Å²) >= 11 is 0. The van der Waals surface area contributed by atoms with Gasteiger partial charge >= 0.3 is 0 Å². The van der Waals surface area contributed by atoms with Gasteiger partial charge in [0, 0.05) is 37.3 Å². The highest BCUT2D eigenvalue weighted by Gasteiger charge is 2.34. The Morgan fingerprint density at radius 1 is 1.04 bits per heavy atom. The fraction of sp³-hybridized carbons (Fsp3) is 0.409. The maximum absolute atomic E-state index is 13.9. The van der Waals surface area contributed by atoms with Crippen LogP contribution in [-0.4, -0.2) is 32.3 Å². The van der Waals surface area contributed by atoms with Gasteiger partial charge in [-0.2, -0.15) is 0 Å². The zero-order valence-corrected chi connectivity index (χ0v) is 16.2. The summed E-state index contributed by atoms with van der Waals surface area (Å²) < 4.78 is 32.8. The van der Waals surface area contributed by atoms with Crippen molar-refractivity contribution in [1.82, 2.24) is 10.6 Å². The van der Waals surface area contributed by atoms with Crippen LogP contribution in [0.1, 0.15) is 30.9 Å². The molecule has 0 unspecified atom stereocenters. The lowest BCUT2D eigenvalue weighted by molar-refractivity contribution is 0.0513. The van der Waals surface area contributed by atoms with Crippen LogP contribution >= 0.6 is 0 Å². The molecule has 0 amide bonds. The lowest BCUT2D eigenvalue weighted by Gasteiger charge is -2.38. The predicted octanol–water partition coefficient (Wildman–Crippen LogP) is 3.77. The van der Waals surface area contributed by atoms with Gasteiger partial charge in [0.25, 0.3) is 0 Å². The quantitative estimate of drug-likeness (QED) is 0.586. The SMILES string of the molecule is CCNC(=NCc1ccccc1F)NCC1(c2ccc(F)cc2)CCOCC1. The van der Waals surface area contributed by atoms with Crippen molar-refractivity contribution < 1.29 is 13.5 Å². The van der Waals surface area contributed by atoms with Gasteiger partial charge in [0.15, 0.2) is 5.96 Å². The Labute approximate surface area is 165 Å². The normalized spacial score (nSPS) is 16.6. The molecule has 0 radical (unpaired) electrons. The van der Waals surface area contributed by atoms with Gasteiger partial charge < -0.3 is 15.4 Å². The predicted molar refractivity (Wildman–Crippen MR) is 107 cm³/mol. The van der Waals surface area contributed by atoms with E-state index < -0.39 is 0 Å². The smallest absolute Gasteiger partial charge is 0.191 e. The van der Waals surface area contributed by atoms with Gasteiger partial charge in [-0.15, -0.1) is 0 Å². The van der Waals surface area contributed by atoms with Crippen molar-refractivity contribution in [2.75, 3.05) is 26.3 Å². The first-order valence-corrected chi connectivity index (χ1v) is 9.72. The first-order valence-electron chi connectivity index (χ1n) is 9.72. The summed E-state index contributed by atoms with van der Waals surface area (Å²) in [5, 5.41) is 6.62. The molecular formula is C22H27F2N3O. The van der Waals surface area contributed by atoms with E-state index in [0.717, 1.165) is 18.4 Å². The van der Waals surface area contributed by atoms with E-state index in [1.807, 2.05) is 19.1 Å². The standard InChI is InChI=1S/C22H27F2N3O/c1-2-25-21(26-15-17-5-3-4-6-20(17)24)27-16-22(11-13-28-14-12-22)18-7-9-19(23)10-8-18/h3-10H,2,11-16H2,1H3,(H2,25,26,27). The second kappa shape index (κ2) is 9.64. The second-order valence-electron chi connectivity index (χ2n) is 7.04. The molecule has 0 saturated carbocycles. The number of guanidine groups is 1. The zero-order valence-electron chi connectivity index (χ0n) is 16.2. The van der Waals surface area contributed by atoms with E-state index in [4.69, 9.17) is 4.74 Å². The molecule has 1 aliphatic heterocycles. The van der Waals surface area contributed by atoms with Crippen LogP contribution in [0, 0.1) is 11.6 Å². The van der Waals surface area contributed by atoms with E-state index in [2.05, 4.69) is 15.6 Å². The Balaban J connectivity index is 1.74. The summed E-state index contributed by atoms with van der Waals surface area (Å²) in [6.07, 6.45) is 1.69. The molecule has 0 atom stereocenters. The molecule has 0 aromatic heterocycles. The van der Waals surface area contributed by atoms with Gasteiger partial charge in [-0.1, -0.05) is 30.3 Å². The number of hydrogen-bond acceptors (Lipinski definition) is 2. The Kier molecular flexibility index (Phi) is 6.98. The number of nitrogens with zero attached hydrogens (tertiary/aromatic N) is 1. The molecule has 4 nitrogen and oxygen atoms in total. The summed E-state index contributed by atoms with van der Waals surface area (Å²) in [5.74, 6) is 0.145. The Bertz CT molecular complexity index is 787. The van der Waals surface area contributed by atoms with Crippen LogP contribution in [0.25, 0.3) is 0 Å². The lowest BCUT2D eigenvalue weighted by Crippen LogP contribution is -2.48. The molecule has 3 rings (SSSR count). The largest absolute Gasteiger partial charge is 0.381 e. The first-order chi connectivity index (χ1) is 13.6. The van der Waals surface area contributed by atoms with Crippen molar-refractivity contribution in [3.05, 3.63) is 71.3 Å². The minimum Gasteiger partial charge on any atom is -0.381 e. The average molecular weight is 387 g/mol. The molecule has 2 N–H and O–H groups in total. The van der Waals surface area contributed by atoms with Crippen LogP contribution in [0.2, 0.25) is 0 Å². The van der Waals surface area contributed by atoms with E-state index in [-0.39, 0.29) is 23.6 Å². The van der Waals surface area contributed by atoms with Gasteiger partial charge in [-0.25, -0.2) is 13.8 Å². The van der Waals surface area contributed by atoms with Gasteiger partial charge in [0.2, 0.25) is 0 Å². The third-order valence-corrected chi connectivity index (χ3v) is 5.21. The van der Waals surface area contributed by atoms with E-state index in [0.29, 0.717) is 37.8 Å². The molecule has 1 fully saturated rings. The number of benzene rings is 2. The molecule has 1 saturated heterocycles. The van der Waals surface area contributed by atoms with Crippen molar-refractivity contribution in [3.63, 3.8) is 0 Å². The number of rotatable bonds is 6. The highest BCUT2D eigenvalue weighted by Crippen LogP contribution is 2.34. The molecule has 150 valence electrons. The van der Waals surface area contributed by atoms with Gasteiger partial charge in [0.1, 0.15) is 11.6 Å². The second-order valence-corrected chi connectivity index (χ2v) is 7.04. The molecule has 2 aromatic rings. The topological polar surface area (TPSA) is 45.7 Å². The minimum absolute atomic E-state index is 0.153. The summed E-state index contributed by atoms with van der Waals surface area (Å²) in [5.41, 5.74) is 1.49. The van der Waals surface area contributed by atoms with Gasteiger partial charge in [-0.05, 0) is 43.5 Å². The highest BCUT2D eigenvalue weighted by molar-refractivity contribution is 5.79. The summed E-state index contributed by atoms with van der Waals surface area (Å²) in [6.45, 7) is 4.93. The zero-order chi connectivity index (χ0) is 19.8.